The van der Waals surface area contributed by atoms with Crippen LogP contribution in [0.2, 0.25) is 0 Å². The third-order valence-electron chi connectivity index (χ3n) is 3.36. The highest BCUT2D eigenvalue weighted by Gasteiger charge is 2.31. The molecule has 1 saturated carbocycles. The van der Waals surface area contributed by atoms with Gasteiger partial charge in [-0.05, 0) is 31.4 Å². The number of amides is 1. The maximum atomic E-state index is 12.2. The van der Waals surface area contributed by atoms with Crippen LogP contribution in [0.25, 0.3) is 0 Å². The summed E-state index contributed by atoms with van der Waals surface area (Å²) in [5, 5.41) is 0. The second kappa shape index (κ2) is 6.72. The van der Waals surface area contributed by atoms with Crippen LogP contribution in [0.15, 0.2) is 0 Å². The fourth-order valence-electron chi connectivity index (χ4n) is 2.47. The molecule has 2 aliphatic rings. The van der Waals surface area contributed by atoms with Gasteiger partial charge in [0, 0.05) is 30.8 Å². The Balaban J connectivity index is 0.00000128. The molecule has 0 aromatic rings. The van der Waals surface area contributed by atoms with E-state index in [9.17, 15) is 4.79 Å². The molecule has 1 saturated heterocycles. The van der Waals surface area contributed by atoms with Crippen molar-refractivity contribution in [3.05, 3.63) is 0 Å². The molecule has 0 bridgehead atoms. The van der Waals surface area contributed by atoms with E-state index in [1.54, 1.807) is 0 Å². The van der Waals surface area contributed by atoms with E-state index in [0.29, 0.717) is 5.91 Å². The monoisotopic (exact) mass is 264 g/mol. The van der Waals surface area contributed by atoms with Crippen molar-refractivity contribution in [1.82, 2.24) is 4.90 Å². The van der Waals surface area contributed by atoms with Crippen molar-refractivity contribution < 1.29 is 4.79 Å². The van der Waals surface area contributed by atoms with Gasteiger partial charge in [0.2, 0.25) is 5.91 Å². The summed E-state index contributed by atoms with van der Waals surface area (Å²) in [7, 11) is 0. The van der Waals surface area contributed by atoms with E-state index in [-0.39, 0.29) is 24.4 Å². The van der Waals surface area contributed by atoms with E-state index in [2.05, 4.69) is 4.90 Å². The molecule has 1 amide bonds. The van der Waals surface area contributed by atoms with Gasteiger partial charge in [0.05, 0.1) is 0 Å². The molecule has 1 aliphatic carbocycles. The Morgan fingerprint density at radius 1 is 1.25 bits per heavy atom. The highest BCUT2D eigenvalue weighted by Crippen LogP contribution is 2.26. The SMILES string of the molecule is Cl.NC1CCC(C(=O)N2CCCSCC2)C1. The largest absolute Gasteiger partial charge is 0.342 e. The van der Waals surface area contributed by atoms with Crippen LogP contribution in [0.4, 0.5) is 0 Å². The fourth-order valence-corrected chi connectivity index (χ4v) is 3.35. The number of hydrogen-bond donors (Lipinski definition) is 1. The standard InChI is InChI=1S/C11H20N2OS.ClH/c12-10-3-2-9(8-10)11(14)13-4-1-6-15-7-5-13;/h9-10H,1-8,12H2;1H. The summed E-state index contributed by atoms with van der Waals surface area (Å²) in [6.07, 6.45) is 4.08. The number of nitrogens with zero attached hydrogens (tertiary/aromatic N) is 1. The number of carbonyl (C=O) groups is 1. The van der Waals surface area contributed by atoms with Gasteiger partial charge in [0.1, 0.15) is 0 Å². The van der Waals surface area contributed by atoms with Gasteiger partial charge >= 0.3 is 0 Å². The van der Waals surface area contributed by atoms with Crippen molar-refractivity contribution in [3.63, 3.8) is 0 Å². The Morgan fingerprint density at radius 3 is 2.75 bits per heavy atom. The Labute approximate surface area is 108 Å². The van der Waals surface area contributed by atoms with E-state index in [1.165, 1.54) is 5.75 Å². The molecule has 0 radical (unpaired) electrons. The average Bonchev–Trinajstić information content (AvgIpc) is 2.53. The van der Waals surface area contributed by atoms with Crippen molar-refractivity contribution in [1.29, 1.82) is 0 Å². The molecule has 0 aromatic heterocycles. The van der Waals surface area contributed by atoms with E-state index in [4.69, 9.17) is 5.73 Å². The van der Waals surface area contributed by atoms with Crippen LogP contribution in [0, 0.1) is 5.92 Å². The molecule has 1 heterocycles. The minimum absolute atomic E-state index is 0. The summed E-state index contributed by atoms with van der Waals surface area (Å²) in [5.74, 6) is 2.90. The lowest BCUT2D eigenvalue weighted by Gasteiger charge is -2.23. The van der Waals surface area contributed by atoms with E-state index in [0.717, 1.165) is 44.5 Å². The van der Waals surface area contributed by atoms with Gasteiger partial charge in [-0.2, -0.15) is 11.8 Å². The first-order valence-corrected chi connectivity index (χ1v) is 7.05. The van der Waals surface area contributed by atoms with E-state index in [1.807, 2.05) is 11.8 Å². The Morgan fingerprint density at radius 2 is 2.06 bits per heavy atom. The van der Waals surface area contributed by atoms with Crippen molar-refractivity contribution in [2.75, 3.05) is 24.6 Å². The van der Waals surface area contributed by atoms with Crippen molar-refractivity contribution in [2.24, 2.45) is 11.7 Å². The molecular weight excluding hydrogens is 244 g/mol. The molecule has 2 atom stereocenters. The lowest BCUT2D eigenvalue weighted by atomic mass is 10.1. The number of rotatable bonds is 1. The van der Waals surface area contributed by atoms with Crippen molar-refractivity contribution in [3.8, 4) is 0 Å². The smallest absolute Gasteiger partial charge is 0.225 e. The lowest BCUT2D eigenvalue weighted by molar-refractivity contribution is -0.135. The molecule has 1 aliphatic heterocycles. The second-order valence-corrected chi connectivity index (χ2v) is 5.79. The minimum atomic E-state index is 0. The van der Waals surface area contributed by atoms with Crippen LogP contribution in [-0.2, 0) is 4.79 Å². The number of nitrogens with two attached hydrogens (primary N) is 1. The topological polar surface area (TPSA) is 46.3 Å². The molecule has 94 valence electrons. The highest BCUT2D eigenvalue weighted by molar-refractivity contribution is 7.99. The van der Waals surface area contributed by atoms with Crippen LogP contribution in [0.5, 0.6) is 0 Å². The average molecular weight is 265 g/mol. The van der Waals surface area contributed by atoms with Gasteiger partial charge in [0.15, 0.2) is 0 Å². The van der Waals surface area contributed by atoms with Gasteiger partial charge < -0.3 is 10.6 Å². The molecule has 0 spiro atoms. The summed E-state index contributed by atoms with van der Waals surface area (Å²) in [6.45, 7) is 1.90. The number of carbonyl (C=O) groups excluding carboxylic acids is 1. The molecule has 5 heteroatoms. The fraction of sp³-hybridized carbons (Fsp3) is 0.909. The summed E-state index contributed by atoms with van der Waals surface area (Å²) in [5.41, 5.74) is 5.85. The maximum absolute atomic E-state index is 12.2. The third-order valence-corrected chi connectivity index (χ3v) is 4.40. The highest BCUT2D eigenvalue weighted by atomic mass is 35.5. The van der Waals surface area contributed by atoms with Gasteiger partial charge in [-0.3, -0.25) is 4.79 Å². The third kappa shape index (κ3) is 3.54. The molecule has 16 heavy (non-hydrogen) atoms. The molecule has 3 nitrogen and oxygen atoms in total. The van der Waals surface area contributed by atoms with Crippen LogP contribution in [0.3, 0.4) is 0 Å². The lowest BCUT2D eigenvalue weighted by Crippen LogP contribution is -2.37. The van der Waals surface area contributed by atoms with Gasteiger partial charge in [-0.15, -0.1) is 12.4 Å². The predicted molar refractivity (Wildman–Crippen MR) is 71.1 cm³/mol. The zero-order valence-corrected chi connectivity index (χ0v) is 11.2. The van der Waals surface area contributed by atoms with Crippen LogP contribution in [0.1, 0.15) is 25.7 Å². The molecule has 2 unspecified atom stereocenters. The normalized spacial score (nSPS) is 30.7. The first-order chi connectivity index (χ1) is 7.27. The Hall–Kier alpha value is 0.0700. The van der Waals surface area contributed by atoms with E-state index < -0.39 is 0 Å². The second-order valence-electron chi connectivity index (χ2n) is 4.56. The Kier molecular flexibility index (Phi) is 5.94. The Bertz CT molecular complexity index is 232. The molecule has 2 rings (SSSR count). The summed E-state index contributed by atoms with van der Waals surface area (Å²) in [4.78, 5) is 14.2. The number of thioether (sulfide) groups is 1. The summed E-state index contributed by atoms with van der Waals surface area (Å²) >= 11 is 1.96. The van der Waals surface area contributed by atoms with Crippen molar-refractivity contribution in [2.45, 2.75) is 31.7 Å². The predicted octanol–water partition coefficient (Wildman–Crippen LogP) is 1.50. The first-order valence-electron chi connectivity index (χ1n) is 5.89. The quantitative estimate of drug-likeness (QED) is 0.781. The van der Waals surface area contributed by atoms with Gasteiger partial charge in [-0.25, -0.2) is 0 Å². The molecule has 2 fully saturated rings. The summed E-state index contributed by atoms with van der Waals surface area (Å²) in [6, 6.07) is 0.264. The molecular formula is C11H21ClN2OS. The number of halogens is 1. The summed E-state index contributed by atoms with van der Waals surface area (Å²) < 4.78 is 0. The molecule has 0 aromatic carbocycles. The number of hydrogen-bond acceptors (Lipinski definition) is 3. The van der Waals surface area contributed by atoms with Crippen LogP contribution in [-0.4, -0.2) is 41.4 Å². The van der Waals surface area contributed by atoms with Gasteiger partial charge in [0.25, 0.3) is 0 Å². The zero-order valence-electron chi connectivity index (χ0n) is 9.56. The van der Waals surface area contributed by atoms with Crippen LogP contribution >= 0.6 is 24.2 Å². The molecule has 2 N–H and O–H groups in total. The maximum Gasteiger partial charge on any atom is 0.225 e. The van der Waals surface area contributed by atoms with Gasteiger partial charge in [-0.1, -0.05) is 0 Å². The van der Waals surface area contributed by atoms with Crippen LogP contribution < -0.4 is 5.73 Å². The first kappa shape index (κ1) is 14.1. The van der Waals surface area contributed by atoms with Crippen molar-refractivity contribution >= 4 is 30.1 Å². The van der Waals surface area contributed by atoms with E-state index >= 15 is 0 Å². The zero-order chi connectivity index (χ0) is 10.7. The minimum Gasteiger partial charge on any atom is -0.342 e.